The number of aromatic nitrogens is 3. The molecule has 7 heteroatoms. The Kier molecular flexibility index (Phi) is 4.93. The number of nitrogens with zero attached hydrogens (tertiary/aromatic N) is 3. The Morgan fingerprint density at radius 3 is 2.79 bits per heavy atom. The average Bonchev–Trinajstić information content (AvgIpc) is 2.82. The topological polar surface area (TPSA) is 62.7 Å². The lowest BCUT2D eigenvalue weighted by atomic mass is 10.5. The highest BCUT2D eigenvalue weighted by atomic mass is 35.5. The van der Waals surface area contributed by atoms with Gasteiger partial charge in [0.05, 0.1) is 17.7 Å². The molecule has 0 amide bonds. The lowest BCUT2D eigenvalue weighted by Gasteiger charge is -2.08. The highest BCUT2D eigenvalue weighted by Crippen LogP contribution is 2.21. The van der Waals surface area contributed by atoms with Crippen LogP contribution in [0, 0.1) is 6.92 Å². The van der Waals surface area contributed by atoms with Crippen LogP contribution in [0.1, 0.15) is 23.2 Å². The van der Waals surface area contributed by atoms with E-state index >= 15 is 0 Å². The predicted octanol–water partition coefficient (Wildman–Crippen LogP) is 3.33. The summed E-state index contributed by atoms with van der Waals surface area (Å²) in [5, 5.41) is 7.91. The molecule has 0 radical (unpaired) electrons. The maximum absolute atomic E-state index is 6.07. The summed E-state index contributed by atoms with van der Waals surface area (Å²) in [6.45, 7) is 5.58. The molecule has 0 unspecified atom stereocenters. The van der Waals surface area contributed by atoms with Crippen molar-refractivity contribution in [2.45, 2.75) is 26.8 Å². The first-order valence-corrected chi connectivity index (χ1v) is 7.30. The summed E-state index contributed by atoms with van der Waals surface area (Å²) >= 11 is 7.73. The summed E-state index contributed by atoms with van der Waals surface area (Å²) < 4.78 is 0. The Balaban J connectivity index is 2.02. The molecule has 0 saturated heterocycles. The van der Waals surface area contributed by atoms with E-state index in [1.807, 2.05) is 13.1 Å². The smallest absolute Gasteiger partial charge is 0.224 e. The summed E-state index contributed by atoms with van der Waals surface area (Å²) in [6.07, 6.45) is 4.49. The van der Waals surface area contributed by atoms with E-state index in [9.17, 15) is 0 Å². The van der Waals surface area contributed by atoms with Gasteiger partial charge in [-0.3, -0.25) is 0 Å². The minimum Gasteiger partial charge on any atom is -0.364 e. The Morgan fingerprint density at radius 1 is 1.26 bits per heavy atom. The van der Waals surface area contributed by atoms with Gasteiger partial charge in [-0.1, -0.05) is 18.5 Å². The molecule has 0 aliphatic carbocycles. The van der Waals surface area contributed by atoms with Crippen molar-refractivity contribution in [1.29, 1.82) is 0 Å². The SMILES string of the molecule is CCCNc1ncc(Cl)c(NCc2cnc(C)s2)n1. The monoisotopic (exact) mass is 297 g/mol. The van der Waals surface area contributed by atoms with E-state index < -0.39 is 0 Å². The molecule has 0 atom stereocenters. The third-order valence-corrected chi connectivity index (χ3v) is 3.57. The van der Waals surface area contributed by atoms with Crippen LogP contribution in [0.25, 0.3) is 0 Å². The van der Waals surface area contributed by atoms with Gasteiger partial charge in [0.15, 0.2) is 5.82 Å². The van der Waals surface area contributed by atoms with Gasteiger partial charge >= 0.3 is 0 Å². The van der Waals surface area contributed by atoms with E-state index in [0.29, 0.717) is 23.3 Å². The second-order valence-corrected chi connectivity index (χ2v) is 5.74. The first-order chi connectivity index (χ1) is 9.19. The van der Waals surface area contributed by atoms with E-state index in [-0.39, 0.29) is 0 Å². The Morgan fingerprint density at radius 2 is 2.11 bits per heavy atom. The molecule has 0 fully saturated rings. The molecule has 0 aromatic carbocycles. The van der Waals surface area contributed by atoms with E-state index in [1.54, 1.807) is 17.5 Å². The molecular formula is C12H16ClN5S. The van der Waals surface area contributed by atoms with Crippen molar-refractivity contribution in [3.05, 3.63) is 27.3 Å². The molecule has 0 aliphatic heterocycles. The quantitative estimate of drug-likeness (QED) is 0.856. The zero-order valence-corrected chi connectivity index (χ0v) is 12.5. The number of hydrogen-bond acceptors (Lipinski definition) is 6. The van der Waals surface area contributed by atoms with Crippen LogP contribution in [0.5, 0.6) is 0 Å². The van der Waals surface area contributed by atoms with Crippen molar-refractivity contribution < 1.29 is 0 Å². The second-order valence-electron chi connectivity index (χ2n) is 4.02. The molecule has 2 rings (SSSR count). The third kappa shape index (κ3) is 4.04. The van der Waals surface area contributed by atoms with Gasteiger partial charge in [-0.25, -0.2) is 9.97 Å². The molecule has 2 heterocycles. The van der Waals surface area contributed by atoms with Crippen molar-refractivity contribution in [2.24, 2.45) is 0 Å². The van der Waals surface area contributed by atoms with Crippen molar-refractivity contribution in [2.75, 3.05) is 17.2 Å². The number of anilines is 2. The van der Waals surface area contributed by atoms with Crippen molar-refractivity contribution >= 4 is 34.7 Å². The third-order valence-electron chi connectivity index (χ3n) is 2.38. The first kappa shape index (κ1) is 14.0. The normalized spacial score (nSPS) is 10.5. The Bertz CT molecular complexity index is 543. The van der Waals surface area contributed by atoms with Crippen molar-refractivity contribution in [3.8, 4) is 0 Å². The molecule has 19 heavy (non-hydrogen) atoms. The maximum atomic E-state index is 6.07. The fourth-order valence-electron chi connectivity index (χ4n) is 1.47. The van der Waals surface area contributed by atoms with Crippen LogP contribution in [0.15, 0.2) is 12.4 Å². The van der Waals surface area contributed by atoms with Gasteiger partial charge in [-0.15, -0.1) is 11.3 Å². The van der Waals surface area contributed by atoms with Gasteiger partial charge in [0.2, 0.25) is 5.95 Å². The molecule has 0 bridgehead atoms. The number of nitrogens with one attached hydrogen (secondary N) is 2. The minimum absolute atomic E-state index is 0.517. The fraction of sp³-hybridized carbons (Fsp3) is 0.417. The van der Waals surface area contributed by atoms with Crippen molar-refractivity contribution in [1.82, 2.24) is 15.0 Å². The summed E-state index contributed by atoms with van der Waals surface area (Å²) in [5.74, 6) is 1.23. The van der Waals surface area contributed by atoms with Crippen LogP contribution in [0.4, 0.5) is 11.8 Å². The molecule has 0 saturated carbocycles. The zero-order chi connectivity index (χ0) is 13.7. The standard InChI is InChI=1S/C12H16ClN5S/c1-3-4-14-12-17-7-10(13)11(18-12)16-6-9-5-15-8(2)19-9/h5,7H,3-4,6H2,1-2H3,(H2,14,16,17,18). The molecule has 2 aromatic heterocycles. The molecular weight excluding hydrogens is 282 g/mol. The molecule has 5 nitrogen and oxygen atoms in total. The van der Waals surface area contributed by atoms with Crippen LogP contribution in [-0.2, 0) is 6.54 Å². The largest absolute Gasteiger partial charge is 0.364 e. The molecule has 2 aromatic rings. The van der Waals surface area contributed by atoms with Gasteiger partial charge in [0.25, 0.3) is 0 Å². The van der Waals surface area contributed by atoms with Gasteiger partial charge in [0, 0.05) is 17.6 Å². The number of thiazole rings is 1. The van der Waals surface area contributed by atoms with E-state index in [2.05, 4.69) is 32.5 Å². The maximum Gasteiger partial charge on any atom is 0.224 e. The lowest BCUT2D eigenvalue weighted by molar-refractivity contribution is 0.950. The molecule has 0 aliphatic rings. The van der Waals surface area contributed by atoms with Crippen LogP contribution < -0.4 is 10.6 Å². The van der Waals surface area contributed by atoms with E-state index in [4.69, 9.17) is 11.6 Å². The molecule has 102 valence electrons. The summed E-state index contributed by atoms with van der Waals surface area (Å²) in [6, 6.07) is 0. The highest BCUT2D eigenvalue weighted by Gasteiger charge is 2.06. The second kappa shape index (κ2) is 6.68. The van der Waals surface area contributed by atoms with E-state index in [1.165, 1.54) is 0 Å². The first-order valence-electron chi connectivity index (χ1n) is 6.10. The average molecular weight is 298 g/mol. The van der Waals surface area contributed by atoms with Gasteiger partial charge in [-0.05, 0) is 13.3 Å². The number of aryl methyl sites for hydroxylation is 1. The Labute approximate surface area is 121 Å². The predicted molar refractivity (Wildman–Crippen MR) is 80.0 cm³/mol. The summed E-state index contributed by atoms with van der Waals surface area (Å²) in [7, 11) is 0. The number of rotatable bonds is 6. The van der Waals surface area contributed by atoms with Crippen LogP contribution in [0.3, 0.4) is 0 Å². The van der Waals surface area contributed by atoms with Gasteiger partial charge in [0.1, 0.15) is 5.02 Å². The summed E-state index contributed by atoms with van der Waals surface area (Å²) in [5.41, 5.74) is 0. The van der Waals surface area contributed by atoms with E-state index in [0.717, 1.165) is 22.9 Å². The van der Waals surface area contributed by atoms with Crippen LogP contribution in [-0.4, -0.2) is 21.5 Å². The number of hydrogen-bond donors (Lipinski definition) is 2. The van der Waals surface area contributed by atoms with Gasteiger partial charge in [-0.2, -0.15) is 4.98 Å². The van der Waals surface area contributed by atoms with Crippen LogP contribution in [0.2, 0.25) is 5.02 Å². The number of halogens is 1. The van der Waals surface area contributed by atoms with Crippen LogP contribution >= 0.6 is 22.9 Å². The Hall–Kier alpha value is -1.40. The minimum atomic E-state index is 0.517. The molecule has 2 N–H and O–H groups in total. The van der Waals surface area contributed by atoms with Gasteiger partial charge < -0.3 is 10.6 Å². The highest BCUT2D eigenvalue weighted by molar-refractivity contribution is 7.11. The fourth-order valence-corrected chi connectivity index (χ4v) is 2.36. The zero-order valence-electron chi connectivity index (χ0n) is 10.9. The lowest BCUT2D eigenvalue weighted by Crippen LogP contribution is -2.07. The summed E-state index contributed by atoms with van der Waals surface area (Å²) in [4.78, 5) is 13.8. The van der Waals surface area contributed by atoms with Crippen molar-refractivity contribution in [3.63, 3.8) is 0 Å². The molecule has 0 spiro atoms.